The summed E-state index contributed by atoms with van der Waals surface area (Å²) in [6.45, 7) is 2.71. The summed E-state index contributed by atoms with van der Waals surface area (Å²) in [5.41, 5.74) is 3.91. The topological polar surface area (TPSA) is 42.2 Å². The Labute approximate surface area is 123 Å². The van der Waals surface area contributed by atoms with Gasteiger partial charge in [0.2, 0.25) is 0 Å². The molecule has 3 heteroatoms. The van der Waals surface area contributed by atoms with E-state index in [9.17, 15) is 4.79 Å². The third kappa shape index (κ3) is 2.82. The molecule has 1 heterocycles. The number of fused-ring (bicyclic) bond motifs is 1. The summed E-state index contributed by atoms with van der Waals surface area (Å²) in [6.07, 6.45) is 2.44. The van der Waals surface area contributed by atoms with Gasteiger partial charge in [0, 0.05) is 11.9 Å². The van der Waals surface area contributed by atoms with Crippen molar-refractivity contribution in [3.63, 3.8) is 0 Å². The molecule has 2 aromatic carbocycles. The molecule has 0 unspecified atom stereocenters. The van der Waals surface area contributed by atoms with Crippen LogP contribution in [0, 0.1) is 6.92 Å². The summed E-state index contributed by atoms with van der Waals surface area (Å²) < 4.78 is 5.32. The highest BCUT2D eigenvalue weighted by molar-refractivity contribution is 6.05. The Morgan fingerprint density at radius 3 is 2.81 bits per heavy atom. The van der Waals surface area contributed by atoms with Crippen LogP contribution in [0.4, 0.5) is 0 Å². The minimum Gasteiger partial charge on any atom is -0.464 e. The average molecular weight is 279 g/mol. The van der Waals surface area contributed by atoms with Crippen LogP contribution >= 0.6 is 0 Å². The lowest BCUT2D eigenvalue weighted by Gasteiger charge is -2.08. The molecule has 0 aliphatic rings. The summed E-state index contributed by atoms with van der Waals surface area (Å²) in [7, 11) is 0. The predicted octanol–water partition coefficient (Wildman–Crippen LogP) is 3.71. The minimum atomic E-state index is -0.0596. The van der Waals surface area contributed by atoms with Gasteiger partial charge in [-0.2, -0.15) is 0 Å². The molecule has 3 aromatic rings. The molecule has 0 saturated heterocycles. The van der Waals surface area contributed by atoms with E-state index in [1.54, 1.807) is 6.26 Å². The van der Waals surface area contributed by atoms with Crippen LogP contribution < -0.4 is 5.32 Å². The van der Waals surface area contributed by atoms with Gasteiger partial charge in [-0.25, -0.2) is 0 Å². The molecule has 0 fully saturated rings. The minimum absolute atomic E-state index is 0.0596. The first-order chi connectivity index (χ1) is 10.3. The molecule has 1 N–H and O–H groups in total. The van der Waals surface area contributed by atoms with Crippen molar-refractivity contribution < 1.29 is 9.21 Å². The number of rotatable bonds is 4. The Balaban J connectivity index is 1.67. The molecule has 3 rings (SSSR count). The van der Waals surface area contributed by atoms with Crippen molar-refractivity contribution in [3.8, 4) is 0 Å². The van der Waals surface area contributed by atoms with Gasteiger partial charge in [-0.05, 0) is 42.7 Å². The summed E-state index contributed by atoms with van der Waals surface area (Å²) in [5, 5.41) is 3.83. The molecule has 1 amide bonds. The maximum Gasteiger partial charge on any atom is 0.252 e. The van der Waals surface area contributed by atoms with Gasteiger partial charge in [-0.15, -0.1) is 0 Å². The Hall–Kier alpha value is -2.55. The molecule has 0 spiro atoms. The Morgan fingerprint density at radius 2 is 1.95 bits per heavy atom. The Kier molecular flexibility index (Phi) is 3.73. The third-order valence-electron chi connectivity index (χ3n) is 3.68. The zero-order valence-electron chi connectivity index (χ0n) is 11.9. The lowest BCUT2D eigenvalue weighted by Crippen LogP contribution is -2.25. The molecule has 106 valence electrons. The molecule has 0 atom stereocenters. The number of aryl methyl sites for hydroxylation is 1. The predicted molar refractivity (Wildman–Crippen MR) is 83.4 cm³/mol. The lowest BCUT2D eigenvalue weighted by atomic mass is 10.1. The number of carbonyl (C=O) groups is 1. The van der Waals surface area contributed by atoms with Gasteiger partial charge in [-0.3, -0.25) is 4.79 Å². The van der Waals surface area contributed by atoms with Gasteiger partial charge in [-0.1, -0.05) is 30.3 Å². The van der Waals surface area contributed by atoms with Crippen LogP contribution in [-0.4, -0.2) is 12.5 Å². The monoisotopic (exact) mass is 279 g/mol. The largest absolute Gasteiger partial charge is 0.464 e. The van der Waals surface area contributed by atoms with E-state index in [4.69, 9.17) is 4.42 Å². The van der Waals surface area contributed by atoms with Gasteiger partial charge >= 0.3 is 0 Å². The maximum atomic E-state index is 12.3. The van der Waals surface area contributed by atoms with Crippen LogP contribution in [-0.2, 0) is 6.42 Å². The van der Waals surface area contributed by atoms with Gasteiger partial charge in [0.1, 0.15) is 5.58 Å². The van der Waals surface area contributed by atoms with E-state index in [2.05, 4.69) is 24.4 Å². The normalized spacial score (nSPS) is 10.7. The molecule has 0 saturated carbocycles. The first-order valence-electron chi connectivity index (χ1n) is 7.04. The standard InChI is InChI=1S/C18H17NO2/c1-13-5-2-3-6-14(13)9-11-19-18(20)16-7-4-8-17-15(16)10-12-21-17/h2-8,10,12H,9,11H2,1H3,(H,19,20). The number of nitrogens with one attached hydrogen (secondary N) is 1. The molecule has 21 heavy (non-hydrogen) atoms. The maximum absolute atomic E-state index is 12.3. The molecule has 0 aliphatic carbocycles. The molecular weight excluding hydrogens is 262 g/mol. The number of furan rings is 1. The van der Waals surface area contributed by atoms with Gasteiger partial charge in [0.05, 0.1) is 11.8 Å². The molecule has 0 aliphatic heterocycles. The van der Waals surface area contributed by atoms with Gasteiger partial charge in [0.25, 0.3) is 5.91 Å². The van der Waals surface area contributed by atoms with E-state index in [0.29, 0.717) is 12.1 Å². The van der Waals surface area contributed by atoms with Crippen LogP contribution in [0.3, 0.4) is 0 Å². The van der Waals surface area contributed by atoms with Crippen molar-refractivity contribution in [2.75, 3.05) is 6.54 Å². The van der Waals surface area contributed by atoms with Gasteiger partial charge in [0.15, 0.2) is 0 Å². The lowest BCUT2D eigenvalue weighted by molar-refractivity contribution is 0.0955. The van der Waals surface area contributed by atoms with E-state index in [0.717, 1.165) is 17.4 Å². The first kappa shape index (κ1) is 13.4. The third-order valence-corrected chi connectivity index (χ3v) is 3.68. The van der Waals surface area contributed by atoms with Crippen LogP contribution in [0.15, 0.2) is 59.2 Å². The molecule has 1 aromatic heterocycles. The van der Waals surface area contributed by atoms with E-state index in [-0.39, 0.29) is 5.91 Å². The highest BCUT2D eigenvalue weighted by Crippen LogP contribution is 2.19. The summed E-state index contributed by atoms with van der Waals surface area (Å²) in [6, 6.07) is 15.6. The fraction of sp³-hybridized carbons (Fsp3) is 0.167. The first-order valence-corrected chi connectivity index (χ1v) is 7.04. The van der Waals surface area contributed by atoms with Crippen molar-refractivity contribution in [3.05, 3.63) is 71.5 Å². The van der Waals surface area contributed by atoms with E-state index < -0.39 is 0 Å². The number of hydrogen-bond donors (Lipinski definition) is 1. The highest BCUT2D eigenvalue weighted by atomic mass is 16.3. The second-order valence-corrected chi connectivity index (χ2v) is 5.07. The average Bonchev–Trinajstić information content (AvgIpc) is 2.97. The van der Waals surface area contributed by atoms with Crippen molar-refractivity contribution in [2.24, 2.45) is 0 Å². The number of amides is 1. The number of carbonyl (C=O) groups excluding carboxylic acids is 1. The summed E-state index contributed by atoms with van der Waals surface area (Å²) in [4.78, 5) is 12.3. The molecule has 0 radical (unpaired) electrons. The van der Waals surface area contributed by atoms with E-state index in [1.807, 2.05) is 36.4 Å². The second kappa shape index (κ2) is 5.83. The zero-order chi connectivity index (χ0) is 14.7. The van der Waals surface area contributed by atoms with Crippen LogP contribution in [0.25, 0.3) is 11.0 Å². The fourth-order valence-electron chi connectivity index (χ4n) is 2.49. The van der Waals surface area contributed by atoms with Crippen LogP contribution in [0.5, 0.6) is 0 Å². The molecular formula is C18H17NO2. The highest BCUT2D eigenvalue weighted by Gasteiger charge is 2.10. The Bertz CT molecular complexity index is 773. The van der Waals surface area contributed by atoms with Crippen molar-refractivity contribution >= 4 is 16.9 Å². The summed E-state index contributed by atoms with van der Waals surface area (Å²) >= 11 is 0. The van der Waals surface area contributed by atoms with Crippen LogP contribution in [0.2, 0.25) is 0 Å². The number of benzene rings is 2. The van der Waals surface area contributed by atoms with Crippen LogP contribution in [0.1, 0.15) is 21.5 Å². The quantitative estimate of drug-likeness (QED) is 0.791. The van der Waals surface area contributed by atoms with E-state index >= 15 is 0 Å². The van der Waals surface area contributed by atoms with E-state index in [1.165, 1.54) is 11.1 Å². The number of hydrogen-bond acceptors (Lipinski definition) is 2. The van der Waals surface area contributed by atoms with Crippen molar-refractivity contribution in [2.45, 2.75) is 13.3 Å². The fourth-order valence-corrected chi connectivity index (χ4v) is 2.49. The van der Waals surface area contributed by atoms with Crippen molar-refractivity contribution in [1.82, 2.24) is 5.32 Å². The second-order valence-electron chi connectivity index (χ2n) is 5.07. The van der Waals surface area contributed by atoms with Crippen molar-refractivity contribution in [1.29, 1.82) is 0 Å². The zero-order valence-corrected chi connectivity index (χ0v) is 11.9. The molecule has 0 bridgehead atoms. The molecule has 3 nitrogen and oxygen atoms in total. The smallest absolute Gasteiger partial charge is 0.252 e. The SMILES string of the molecule is Cc1ccccc1CCNC(=O)c1cccc2occc12. The summed E-state index contributed by atoms with van der Waals surface area (Å²) in [5.74, 6) is -0.0596. The Morgan fingerprint density at radius 1 is 1.10 bits per heavy atom. The van der Waals surface area contributed by atoms with Gasteiger partial charge < -0.3 is 9.73 Å².